The summed E-state index contributed by atoms with van der Waals surface area (Å²) in [6.45, 7) is 6.36. The van der Waals surface area contributed by atoms with E-state index in [1.165, 1.54) is 28.9 Å². The van der Waals surface area contributed by atoms with Gasteiger partial charge in [-0.05, 0) is 42.4 Å². The quantitative estimate of drug-likeness (QED) is 0.367. The van der Waals surface area contributed by atoms with Crippen LogP contribution in [0.2, 0.25) is 0 Å². The van der Waals surface area contributed by atoms with E-state index in [0.717, 1.165) is 49.3 Å². The second-order valence-electron chi connectivity index (χ2n) is 7.22. The molecule has 0 bridgehead atoms. The third-order valence-electron chi connectivity index (χ3n) is 5.09. The van der Waals surface area contributed by atoms with Crippen molar-refractivity contribution in [1.29, 1.82) is 0 Å². The van der Waals surface area contributed by atoms with Gasteiger partial charge in [0.05, 0.1) is 11.4 Å². The highest BCUT2D eigenvalue weighted by Crippen LogP contribution is 2.27. The molecule has 5 heterocycles. The monoisotopic (exact) mass is 458 g/mol. The smallest absolute Gasteiger partial charge is 0.124 e. The maximum atomic E-state index is 4.85. The lowest BCUT2D eigenvalue weighted by Crippen LogP contribution is -2.30. The van der Waals surface area contributed by atoms with E-state index in [-0.39, 0.29) is 0 Å². The predicted molar refractivity (Wildman–Crippen MR) is 126 cm³/mol. The van der Waals surface area contributed by atoms with E-state index < -0.39 is 0 Å². The van der Waals surface area contributed by atoms with E-state index in [9.17, 15) is 0 Å². The SMILES string of the molecule is c1cc(-c2nc(CN3CCCN(Cc4csc(-c5ccsc5)n4)CC3)cs2)cs1. The van der Waals surface area contributed by atoms with E-state index in [1.54, 1.807) is 45.3 Å². The summed E-state index contributed by atoms with van der Waals surface area (Å²) >= 11 is 6.97. The second kappa shape index (κ2) is 9.16. The molecule has 0 aliphatic carbocycles. The molecule has 0 unspecified atom stereocenters. The van der Waals surface area contributed by atoms with E-state index in [1.807, 2.05) is 0 Å². The third kappa shape index (κ3) is 4.84. The maximum Gasteiger partial charge on any atom is 0.124 e. The third-order valence-corrected chi connectivity index (χ3v) is 8.34. The number of hydrogen-bond acceptors (Lipinski definition) is 8. The molecule has 5 rings (SSSR count). The van der Waals surface area contributed by atoms with Gasteiger partial charge in [0, 0.05) is 58.8 Å². The lowest BCUT2D eigenvalue weighted by atomic mass is 10.3. The first-order valence-electron chi connectivity index (χ1n) is 9.72. The van der Waals surface area contributed by atoms with Gasteiger partial charge in [-0.25, -0.2) is 9.97 Å². The van der Waals surface area contributed by atoms with Gasteiger partial charge in [-0.2, -0.15) is 22.7 Å². The minimum absolute atomic E-state index is 0.952. The molecule has 4 nitrogen and oxygen atoms in total. The zero-order chi connectivity index (χ0) is 19.5. The van der Waals surface area contributed by atoms with Crippen LogP contribution < -0.4 is 0 Å². The number of rotatable bonds is 6. The zero-order valence-electron chi connectivity index (χ0n) is 16.0. The Balaban J connectivity index is 1.16. The molecule has 0 amide bonds. The highest BCUT2D eigenvalue weighted by Gasteiger charge is 2.17. The van der Waals surface area contributed by atoms with Gasteiger partial charge in [-0.3, -0.25) is 9.80 Å². The van der Waals surface area contributed by atoms with E-state index >= 15 is 0 Å². The Morgan fingerprint density at radius 1 is 0.690 bits per heavy atom. The van der Waals surface area contributed by atoms with Crippen LogP contribution in [-0.4, -0.2) is 45.9 Å². The Kier molecular flexibility index (Phi) is 6.17. The Morgan fingerprint density at radius 2 is 1.21 bits per heavy atom. The molecular weight excluding hydrogens is 437 g/mol. The molecule has 0 spiro atoms. The van der Waals surface area contributed by atoms with Crippen molar-refractivity contribution in [3.8, 4) is 21.1 Å². The molecule has 0 radical (unpaired) electrons. The highest BCUT2D eigenvalue weighted by atomic mass is 32.1. The summed E-state index contributed by atoms with van der Waals surface area (Å²) in [6, 6.07) is 4.30. The largest absolute Gasteiger partial charge is 0.296 e. The second-order valence-corrected chi connectivity index (χ2v) is 10.5. The van der Waals surface area contributed by atoms with Crippen molar-refractivity contribution in [3.05, 3.63) is 55.8 Å². The minimum atomic E-state index is 0.952. The van der Waals surface area contributed by atoms with Crippen LogP contribution in [0.4, 0.5) is 0 Å². The van der Waals surface area contributed by atoms with Gasteiger partial charge in [-0.1, -0.05) is 0 Å². The van der Waals surface area contributed by atoms with Crippen molar-refractivity contribution in [2.45, 2.75) is 19.5 Å². The summed E-state index contributed by atoms with van der Waals surface area (Å²) in [7, 11) is 0. The average molecular weight is 459 g/mol. The number of nitrogens with zero attached hydrogens (tertiary/aromatic N) is 4. The van der Waals surface area contributed by atoms with Crippen molar-refractivity contribution < 1.29 is 0 Å². The Labute approximate surface area is 187 Å². The predicted octanol–water partition coefficient (Wildman–Crippen LogP) is 5.76. The Bertz CT molecular complexity index is 937. The zero-order valence-corrected chi connectivity index (χ0v) is 19.3. The van der Waals surface area contributed by atoms with Gasteiger partial charge in [-0.15, -0.1) is 22.7 Å². The van der Waals surface area contributed by atoms with Crippen LogP contribution in [0.5, 0.6) is 0 Å². The molecule has 29 heavy (non-hydrogen) atoms. The molecule has 8 heteroatoms. The van der Waals surface area contributed by atoms with Gasteiger partial charge in [0.25, 0.3) is 0 Å². The number of thiazole rings is 2. The Morgan fingerprint density at radius 3 is 1.66 bits per heavy atom. The van der Waals surface area contributed by atoms with Gasteiger partial charge < -0.3 is 0 Å². The molecule has 1 fully saturated rings. The number of aromatic nitrogens is 2. The first-order chi connectivity index (χ1) is 14.3. The number of hydrogen-bond donors (Lipinski definition) is 0. The van der Waals surface area contributed by atoms with Crippen LogP contribution in [-0.2, 0) is 13.1 Å². The summed E-state index contributed by atoms with van der Waals surface area (Å²) < 4.78 is 0. The van der Waals surface area contributed by atoms with Crippen molar-refractivity contribution in [1.82, 2.24) is 19.8 Å². The molecule has 1 saturated heterocycles. The van der Waals surface area contributed by atoms with Gasteiger partial charge in [0.1, 0.15) is 10.0 Å². The molecule has 150 valence electrons. The van der Waals surface area contributed by atoms with Crippen molar-refractivity contribution >= 4 is 45.3 Å². The van der Waals surface area contributed by atoms with Crippen LogP contribution in [0.3, 0.4) is 0 Å². The lowest BCUT2D eigenvalue weighted by molar-refractivity contribution is 0.244. The molecule has 0 aromatic carbocycles. The van der Waals surface area contributed by atoms with E-state index in [0.29, 0.717) is 0 Å². The molecule has 1 aliphatic rings. The van der Waals surface area contributed by atoms with Crippen LogP contribution in [0.15, 0.2) is 44.4 Å². The van der Waals surface area contributed by atoms with Crippen LogP contribution in [0.1, 0.15) is 17.8 Å². The molecule has 0 N–H and O–H groups in total. The molecule has 4 aromatic heterocycles. The lowest BCUT2D eigenvalue weighted by Gasteiger charge is -2.20. The standard InChI is InChI=1S/C21H22N4S4/c1-4-24(10-18-14-28-20(22-18)16-2-8-26-12-16)6-7-25(5-1)11-19-15-29-21(23-19)17-3-9-27-13-17/h2-3,8-9,12-15H,1,4-7,10-11H2. The molecule has 0 saturated carbocycles. The van der Waals surface area contributed by atoms with Gasteiger partial charge >= 0.3 is 0 Å². The van der Waals surface area contributed by atoms with Crippen molar-refractivity contribution in [2.24, 2.45) is 0 Å². The molecule has 1 aliphatic heterocycles. The fourth-order valence-electron chi connectivity index (χ4n) is 3.60. The normalized spacial score (nSPS) is 16.3. The van der Waals surface area contributed by atoms with Crippen molar-refractivity contribution in [2.75, 3.05) is 26.2 Å². The van der Waals surface area contributed by atoms with Crippen LogP contribution >= 0.6 is 45.3 Å². The van der Waals surface area contributed by atoms with Crippen LogP contribution in [0.25, 0.3) is 21.1 Å². The average Bonchev–Trinajstić information content (AvgIpc) is 3.51. The van der Waals surface area contributed by atoms with E-state index in [4.69, 9.17) is 9.97 Å². The van der Waals surface area contributed by atoms with Gasteiger partial charge in [0.15, 0.2) is 0 Å². The summed E-state index contributed by atoms with van der Waals surface area (Å²) in [5.74, 6) is 0. The fourth-order valence-corrected chi connectivity index (χ4v) is 6.64. The summed E-state index contributed by atoms with van der Waals surface area (Å²) in [6.07, 6.45) is 1.20. The van der Waals surface area contributed by atoms with E-state index in [2.05, 4.69) is 54.2 Å². The number of thiophene rings is 2. The van der Waals surface area contributed by atoms with Crippen molar-refractivity contribution in [3.63, 3.8) is 0 Å². The molecule has 4 aromatic rings. The maximum absolute atomic E-state index is 4.85. The molecular formula is C21H22N4S4. The Hall–Kier alpha value is -1.42. The topological polar surface area (TPSA) is 32.3 Å². The highest BCUT2D eigenvalue weighted by molar-refractivity contribution is 7.14. The summed E-state index contributed by atoms with van der Waals surface area (Å²) in [4.78, 5) is 14.8. The van der Waals surface area contributed by atoms with Crippen LogP contribution in [0, 0.1) is 0 Å². The minimum Gasteiger partial charge on any atom is -0.296 e. The first-order valence-corrected chi connectivity index (χ1v) is 13.4. The molecule has 0 atom stereocenters. The fraction of sp³-hybridized carbons (Fsp3) is 0.333. The summed E-state index contributed by atoms with van der Waals surface area (Å²) in [5, 5.41) is 15.3. The summed E-state index contributed by atoms with van der Waals surface area (Å²) in [5.41, 5.74) is 4.89. The van der Waals surface area contributed by atoms with Gasteiger partial charge in [0.2, 0.25) is 0 Å². The first kappa shape index (κ1) is 19.5.